The molecular formula is C21H28N8OS2. The first-order valence-electron chi connectivity index (χ1n) is 10.8. The fourth-order valence-electron chi connectivity index (χ4n) is 4.15. The molecule has 170 valence electrons. The summed E-state index contributed by atoms with van der Waals surface area (Å²) in [6, 6.07) is 2.23. The molecule has 5 heterocycles. The number of piperazine rings is 1. The lowest BCUT2D eigenvalue weighted by molar-refractivity contribution is 0.122. The summed E-state index contributed by atoms with van der Waals surface area (Å²) >= 11 is 3.64. The Morgan fingerprint density at radius 1 is 1.09 bits per heavy atom. The summed E-state index contributed by atoms with van der Waals surface area (Å²) in [6.07, 6.45) is 3.87. The van der Waals surface area contributed by atoms with Gasteiger partial charge in [-0.05, 0) is 19.2 Å². The van der Waals surface area contributed by atoms with Crippen molar-refractivity contribution in [3.8, 4) is 11.4 Å². The molecule has 0 atom stereocenters. The van der Waals surface area contributed by atoms with Crippen LogP contribution in [0, 0.1) is 6.92 Å². The average Bonchev–Trinajstić information content (AvgIpc) is 3.22. The Morgan fingerprint density at radius 2 is 1.88 bits per heavy atom. The van der Waals surface area contributed by atoms with Gasteiger partial charge in [0.1, 0.15) is 0 Å². The van der Waals surface area contributed by atoms with E-state index < -0.39 is 0 Å². The van der Waals surface area contributed by atoms with Crippen LogP contribution < -0.4 is 10.6 Å². The predicted molar refractivity (Wildman–Crippen MR) is 131 cm³/mol. The van der Waals surface area contributed by atoms with Crippen molar-refractivity contribution in [3.63, 3.8) is 0 Å². The van der Waals surface area contributed by atoms with Crippen LogP contribution in [0.5, 0.6) is 0 Å². The fraction of sp³-hybridized carbons (Fsp3) is 0.524. The van der Waals surface area contributed by atoms with Crippen molar-refractivity contribution in [3.05, 3.63) is 22.8 Å². The number of ether oxygens (including phenoxy) is 1. The van der Waals surface area contributed by atoms with Gasteiger partial charge in [0.25, 0.3) is 0 Å². The number of nitrogen functional groups attached to an aromatic ring is 1. The Hall–Kier alpha value is -2.05. The third-order valence-corrected chi connectivity index (χ3v) is 7.91. The van der Waals surface area contributed by atoms with Crippen LogP contribution in [0.2, 0.25) is 0 Å². The van der Waals surface area contributed by atoms with Crippen molar-refractivity contribution in [1.82, 2.24) is 29.1 Å². The fourth-order valence-corrected chi connectivity index (χ4v) is 5.83. The zero-order valence-electron chi connectivity index (χ0n) is 18.5. The quantitative estimate of drug-likeness (QED) is 0.557. The highest BCUT2D eigenvalue weighted by Crippen LogP contribution is 2.35. The summed E-state index contributed by atoms with van der Waals surface area (Å²) in [4.78, 5) is 24.6. The number of hydrogen-bond donors (Lipinski definition) is 1. The van der Waals surface area contributed by atoms with E-state index in [9.17, 15) is 0 Å². The molecule has 0 radical (unpaired) electrons. The third kappa shape index (κ3) is 4.53. The monoisotopic (exact) mass is 472 g/mol. The van der Waals surface area contributed by atoms with E-state index in [-0.39, 0.29) is 5.95 Å². The molecule has 2 N–H and O–H groups in total. The lowest BCUT2D eigenvalue weighted by Crippen LogP contribution is -2.42. The van der Waals surface area contributed by atoms with Crippen LogP contribution in [0.4, 0.5) is 11.8 Å². The van der Waals surface area contributed by atoms with Gasteiger partial charge < -0.3 is 15.4 Å². The Bertz CT molecular complexity index is 1090. The van der Waals surface area contributed by atoms with Gasteiger partial charge in [-0.3, -0.25) is 4.90 Å². The van der Waals surface area contributed by atoms with Crippen molar-refractivity contribution in [2.45, 2.75) is 13.5 Å². The molecule has 2 fully saturated rings. The second-order valence-electron chi connectivity index (χ2n) is 8.01. The zero-order chi connectivity index (χ0) is 22.1. The van der Waals surface area contributed by atoms with Crippen LogP contribution in [0.3, 0.4) is 0 Å². The van der Waals surface area contributed by atoms with E-state index in [1.807, 2.05) is 30.2 Å². The van der Waals surface area contributed by atoms with Gasteiger partial charge in [0.05, 0.1) is 34.7 Å². The molecule has 0 aromatic carbocycles. The lowest BCUT2D eigenvalue weighted by Gasteiger charge is -2.32. The normalized spacial score (nSPS) is 18.5. The third-order valence-electron chi connectivity index (χ3n) is 5.92. The molecule has 2 aliphatic rings. The summed E-state index contributed by atoms with van der Waals surface area (Å²) in [5.74, 6) is 1.89. The lowest BCUT2D eigenvalue weighted by atomic mass is 10.2. The molecular weight excluding hydrogens is 444 g/mol. The molecule has 0 amide bonds. The minimum atomic E-state index is 0.264. The van der Waals surface area contributed by atoms with Crippen LogP contribution in [0.25, 0.3) is 21.6 Å². The summed E-state index contributed by atoms with van der Waals surface area (Å²) in [7, 11) is 0. The van der Waals surface area contributed by atoms with Gasteiger partial charge in [0.2, 0.25) is 5.95 Å². The van der Waals surface area contributed by atoms with Gasteiger partial charge in [0.15, 0.2) is 11.6 Å². The van der Waals surface area contributed by atoms with E-state index in [1.165, 1.54) is 4.88 Å². The molecule has 5 rings (SSSR count). The van der Waals surface area contributed by atoms with Crippen LogP contribution >= 0.6 is 23.3 Å². The minimum Gasteiger partial charge on any atom is -0.378 e. The molecule has 2 saturated heterocycles. The number of nitrogens with two attached hydrogens (primary N) is 1. The highest BCUT2D eigenvalue weighted by Gasteiger charge is 2.22. The smallest absolute Gasteiger partial charge is 0.220 e. The number of morpholine rings is 1. The van der Waals surface area contributed by atoms with E-state index in [1.54, 1.807) is 6.20 Å². The van der Waals surface area contributed by atoms with Gasteiger partial charge in [-0.15, -0.1) is 11.3 Å². The number of aromatic nitrogens is 4. The van der Waals surface area contributed by atoms with Crippen LogP contribution in [0.1, 0.15) is 10.6 Å². The molecule has 3 aromatic rings. The van der Waals surface area contributed by atoms with Crippen molar-refractivity contribution < 1.29 is 4.74 Å². The van der Waals surface area contributed by atoms with E-state index in [0.717, 1.165) is 73.1 Å². The number of fused-ring (bicyclic) bond motifs is 1. The van der Waals surface area contributed by atoms with Gasteiger partial charge in [-0.2, -0.15) is 0 Å². The van der Waals surface area contributed by atoms with E-state index in [0.29, 0.717) is 19.0 Å². The summed E-state index contributed by atoms with van der Waals surface area (Å²) in [5.41, 5.74) is 8.34. The largest absolute Gasteiger partial charge is 0.378 e. The van der Waals surface area contributed by atoms with E-state index >= 15 is 0 Å². The molecule has 11 heteroatoms. The molecule has 2 aliphatic heterocycles. The van der Waals surface area contributed by atoms with Crippen LogP contribution in [-0.4, -0.2) is 87.9 Å². The maximum absolute atomic E-state index is 5.76. The van der Waals surface area contributed by atoms with Crippen LogP contribution in [-0.2, 0) is 11.3 Å². The predicted octanol–water partition coefficient (Wildman–Crippen LogP) is 2.27. The van der Waals surface area contributed by atoms with Gasteiger partial charge in [-0.25, -0.2) is 24.2 Å². The Balaban J connectivity index is 1.50. The minimum absolute atomic E-state index is 0.264. The summed E-state index contributed by atoms with van der Waals surface area (Å²) in [5, 5.41) is 0. The highest BCUT2D eigenvalue weighted by molar-refractivity contribution is 7.96. The number of aryl methyl sites for hydroxylation is 1. The number of nitrogens with zero attached hydrogens (tertiary/aromatic N) is 7. The van der Waals surface area contributed by atoms with Crippen molar-refractivity contribution in [2.24, 2.45) is 0 Å². The van der Waals surface area contributed by atoms with E-state index in [2.05, 4.69) is 36.4 Å². The maximum atomic E-state index is 5.76. The number of thiophene rings is 1. The SMILES string of the molecule is CSN1CCN(Cc2cc3nc(-c4cnc(N)nc4C)nc(N4CCOCC4)c3s2)CC1. The molecule has 32 heavy (non-hydrogen) atoms. The average molecular weight is 473 g/mol. The topological polar surface area (TPSA) is 96.5 Å². The highest BCUT2D eigenvalue weighted by atomic mass is 32.2. The number of hydrogen-bond acceptors (Lipinski definition) is 11. The molecule has 0 unspecified atom stereocenters. The van der Waals surface area contributed by atoms with Crippen molar-refractivity contribution >= 4 is 45.3 Å². The second-order valence-corrected chi connectivity index (χ2v) is 10.0. The first-order valence-corrected chi connectivity index (χ1v) is 12.8. The Morgan fingerprint density at radius 3 is 2.59 bits per heavy atom. The summed E-state index contributed by atoms with van der Waals surface area (Å²) < 4.78 is 9.14. The standard InChI is InChI=1S/C21H28N8OS2/c1-14-16(12-23-21(22)24-14)19-25-17-11-15(13-27-3-5-29(31-2)6-4-27)32-18(17)20(26-19)28-7-9-30-10-8-28/h11-12H,3-10,13H2,1-2H3,(H2,22,23,24). The first-order chi connectivity index (χ1) is 15.6. The molecule has 0 aliphatic carbocycles. The van der Waals surface area contributed by atoms with Crippen molar-refractivity contribution in [2.75, 3.05) is 69.4 Å². The maximum Gasteiger partial charge on any atom is 0.220 e. The van der Waals surface area contributed by atoms with E-state index in [4.69, 9.17) is 20.4 Å². The van der Waals surface area contributed by atoms with Crippen LogP contribution in [0.15, 0.2) is 12.3 Å². The van der Waals surface area contributed by atoms with Gasteiger partial charge >= 0.3 is 0 Å². The van der Waals surface area contributed by atoms with Gasteiger partial charge in [0, 0.05) is 56.9 Å². The number of anilines is 2. The van der Waals surface area contributed by atoms with Crippen molar-refractivity contribution in [1.29, 1.82) is 0 Å². The zero-order valence-corrected chi connectivity index (χ0v) is 20.1. The Labute approximate surface area is 196 Å². The summed E-state index contributed by atoms with van der Waals surface area (Å²) in [6.45, 7) is 10.3. The second kappa shape index (κ2) is 9.44. The number of rotatable bonds is 5. The van der Waals surface area contributed by atoms with Gasteiger partial charge in [-0.1, -0.05) is 11.9 Å². The molecule has 3 aromatic heterocycles. The molecule has 0 saturated carbocycles. The molecule has 0 spiro atoms. The first kappa shape index (κ1) is 21.8. The Kier molecular flexibility index (Phi) is 6.42. The molecule has 0 bridgehead atoms. The molecule has 9 nitrogen and oxygen atoms in total.